The van der Waals surface area contributed by atoms with Gasteiger partial charge in [-0.05, 0) is 24.9 Å². The van der Waals surface area contributed by atoms with Gasteiger partial charge in [0.2, 0.25) is 0 Å². The van der Waals surface area contributed by atoms with Gasteiger partial charge >= 0.3 is 7.12 Å². The van der Waals surface area contributed by atoms with E-state index in [9.17, 15) is 10.0 Å². The fourth-order valence-electron chi connectivity index (χ4n) is 0.794. The van der Waals surface area contributed by atoms with E-state index in [-0.39, 0.29) is 0 Å². The number of nitrogens with zero attached hydrogens (tertiary/aromatic N) is 1. The van der Waals surface area contributed by atoms with Crippen molar-refractivity contribution in [3.05, 3.63) is 0 Å². The minimum Gasteiger partial charge on any atom is -0.427 e. The van der Waals surface area contributed by atoms with Crippen molar-refractivity contribution in [1.29, 1.82) is 5.26 Å². The van der Waals surface area contributed by atoms with Gasteiger partial charge in [0, 0.05) is 20.3 Å². The molecule has 0 saturated carbocycles. The van der Waals surface area contributed by atoms with Gasteiger partial charge in [0.1, 0.15) is 0 Å². The molecule has 0 spiro atoms. The molecular weight excluding hydrogens is 225 g/mol. The topological polar surface area (TPSA) is 64.2 Å². The molecule has 0 aromatic carbocycles. The number of hydrogen-bond acceptors (Lipinski definition) is 3. The van der Waals surface area contributed by atoms with E-state index < -0.39 is 12.4 Å². The second kappa shape index (κ2) is 5.00. The summed E-state index contributed by atoms with van der Waals surface area (Å²) in [4.78, 5) is 0. The van der Waals surface area contributed by atoms with Crippen LogP contribution in [0.15, 0.2) is 0 Å². The zero-order valence-corrected chi connectivity index (χ0v) is 12.8. The van der Waals surface area contributed by atoms with Crippen molar-refractivity contribution in [2.45, 2.75) is 19.2 Å². The Morgan fingerprint density at radius 2 is 1.71 bits per heavy atom. The molecule has 0 radical (unpaired) electrons. The first kappa shape index (κ1) is 13.7. The molecule has 0 saturated heterocycles. The van der Waals surface area contributed by atoms with Crippen LogP contribution in [0.3, 0.4) is 0 Å². The minimum atomic E-state index is -1.40. The van der Waals surface area contributed by atoms with Crippen LogP contribution in [0.25, 0.3) is 0 Å². The van der Waals surface area contributed by atoms with Gasteiger partial charge in [-0.25, -0.2) is 0 Å². The first-order valence-electron chi connectivity index (χ1n) is 4.09. The Morgan fingerprint density at radius 3 is 2.00 bits per heavy atom. The van der Waals surface area contributed by atoms with Crippen molar-refractivity contribution in [2.75, 3.05) is 0 Å². The van der Waals surface area contributed by atoms with Crippen LogP contribution in [-0.2, 0) is 0 Å². The first-order chi connectivity index (χ1) is 6.25. The van der Waals surface area contributed by atoms with Crippen molar-refractivity contribution >= 4 is 52.2 Å². The molecule has 3 nitrogen and oxygen atoms in total. The molecule has 0 aromatic heterocycles. The predicted molar refractivity (Wildman–Crippen MR) is 70.5 cm³/mol. The van der Waals surface area contributed by atoms with Crippen molar-refractivity contribution in [2.24, 2.45) is 0 Å². The van der Waals surface area contributed by atoms with E-state index in [0.717, 1.165) is 10.3 Å². The van der Waals surface area contributed by atoms with Crippen molar-refractivity contribution < 1.29 is 10.0 Å². The first-order valence-corrected chi connectivity index (χ1v) is 6.21. The summed E-state index contributed by atoms with van der Waals surface area (Å²) in [5, 5.41) is 28.8. The van der Waals surface area contributed by atoms with Crippen LogP contribution in [0.5, 0.6) is 0 Å². The molecule has 0 amide bonds. The summed E-state index contributed by atoms with van der Waals surface area (Å²) in [5.74, 6) is 0. The molecular formula is C7H14BNO2Si3. The van der Waals surface area contributed by atoms with E-state index >= 15 is 0 Å². The average Bonchev–Trinajstić information content (AvgIpc) is 2.13. The lowest BCUT2D eigenvalue weighted by atomic mass is 9.58. The molecule has 0 aliphatic heterocycles. The molecule has 0 aliphatic rings. The zero-order chi connectivity index (χ0) is 11.5. The average molecular weight is 239 g/mol. The smallest absolute Gasteiger partial charge is 0.427 e. The Balaban J connectivity index is 4.91. The Morgan fingerprint density at radius 1 is 1.29 bits per heavy atom. The predicted octanol–water partition coefficient (Wildman–Crippen LogP) is -3.82. The fraction of sp³-hybridized carbons (Fsp3) is 0.429. The van der Waals surface area contributed by atoms with E-state index in [4.69, 9.17) is 5.26 Å². The number of rotatable bonds is 4. The Kier molecular flexibility index (Phi) is 4.90. The largest absolute Gasteiger partial charge is 0.461 e. The van der Waals surface area contributed by atoms with Gasteiger partial charge in [-0.2, -0.15) is 5.26 Å². The molecule has 74 valence electrons. The maximum Gasteiger partial charge on any atom is 0.461 e. The summed E-state index contributed by atoms with van der Waals surface area (Å²) in [6.07, 6.45) is 0. The normalized spacial score (nSPS) is 10.2. The summed E-state index contributed by atoms with van der Waals surface area (Å²) < 4.78 is 0. The molecule has 0 atom stereocenters. The molecule has 0 fully saturated rings. The highest BCUT2D eigenvalue weighted by Gasteiger charge is 2.35. The van der Waals surface area contributed by atoms with Crippen molar-refractivity contribution in [3.8, 4) is 6.07 Å². The summed E-state index contributed by atoms with van der Waals surface area (Å²) in [7, 11) is 3.35. The second-order valence-electron chi connectivity index (χ2n) is 3.64. The van der Waals surface area contributed by atoms with Crippen LogP contribution < -0.4 is 0 Å². The molecule has 0 heterocycles. The Hall–Kier alpha value is -0.264. The minimum absolute atomic E-state index is 0.655. The third-order valence-electron chi connectivity index (χ3n) is 2.29. The van der Waals surface area contributed by atoms with Crippen molar-refractivity contribution in [3.63, 3.8) is 0 Å². The Bertz CT molecular complexity index is 332. The highest BCUT2D eigenvalue weighted by atomic mass is 28.1. The number of nitriles is 1. The van der Waals surface area contributed by atoms with Crippen LogP contribution in [0.1, 0.15) is 13.8 Å². The molecule has 0 aliphatic carbocycles. The lowest BCUT2D eigenvalue weighted by molar-refractivity contribution is 0.380. The highest BCUT2D eigenvalue weighted by molar-refractivity contribution is 7.01. The van der Waals surface area contributed by atoms with Gasteiger partial charge < -0.3 is 10.0 Å². The third-order valence-corrected chi connectivity index (χ3v) is 6.06. The van der Waals surface area contributed by atoms with Crippen LogP contribution in [0.4, 0.5) is 0 Å². The van der Waals surface area contributed by atoms with Gasteiger partial charge in [-0.3, -0.25) is 0 Å². The molecule has 2 N–H and O–H groups in total. The SMILES string of the molecule is CC(C)(B(O)O)C(=[SiH2])C(=[SiH2])C(=[SiH2])C#N. The van der Waals surface area contributed by atoms with Gasteiger partial charge in [0.15, 0.2) is 0 Å². The van der Waals surface area contributed by atoms with Gasteiger partial charge in [0.25, 0.3) is 0 Å². The lowest BCUT2D eigenvalue weighted by Crippen LogP contribution is -2.42. The maximum absolute atomic E-state index is 9.19. The second-order valence-corrected chi connectivity index (χ2v) is 5.76. The zero-order valence-electron chi connectivity index (χ0n) is 8.54. The molecule has 0 unspecified atom stereocenters. The van der Waals surface area contributed by atoms with Crippen LogP contribution in [0.2, 0.25) is 5.31 Å². The van der Waals surface area contributed by atoms with Crippen LogP contribution in [0, 0.1) is 11.3 Å². The summed E-state index contributed by atoms with van der Waals surface area (Å²) in [6, 6.07) is 2.08. The summed E-state index contributed by atoms with van der Waals surface area (Å²) in [5.41, 5.74) is 0. The highest BCUT2D eigenvalue weighted by Crippen LogP contribution is 2.26. The quantitative estimate of drug-likeness (QED) is 0.494. The summed E-state index contributed by atoms with van der Waals surface area (Å²) >= 11 is 0. The van der Waals surface area contributed by atoms with Gasteiger partial charge in [-0.15, -0.1) is 0 Å². The third kappa shape index (κ3) is 2.86. The van der Waals surface area contributed by atoms with E-state index in [1.807, 2.05) is 0 Å². The van der Waals surface area contributed by atoms with E-state index in [1.54, 1.807) is 33.6 Å². The van der Waals surface area contributed by atoms with E-state index in [2.05, 4.69) is 6.07 Å². The summed E-state index contributed by atoms with van der Waals surface area (Å²) in [6.45, 7) is 3.50. The molecule has 0 rings (SSSR count). The molecule has 0 aromatic rings. The standard InChI is InChI=1S/C7H14BNO2Si3/c1-7(2,8(10)11)6(14)5(13)4(12)3-9/h10-11H,12-14H2,1-2H3. The molecule has 7 heteroatoms. The van der Waals surface area contributed by atoms with E-state index in [0.29, 0.717) is 5.17 Å². The van der Waals surface area contributed by atoms with Crippen LogP contribution in [-0.4, -0.2) is 62.2 Å². The maximum atomic E-state index is 9.19. The Labute approximate surface area is 93.0 Å². The van der Waals surface area contributed by atoms with Crippen molar-refractivity contribution in [1.82, 2.24) is 0 Å². The fourth-order valence-corrected chi connectivity index (χ4v) is 2.19. The van der Waals surface area contributed by atoms with Crippen LogP contribution >= 0.6 is 0 Å². The van der Waals surface area contributed by atoms with E-state index in [1.165, 1.54) is 9.85 Å². The number of hydrogen-bond donors (Lipinski definition) is 2. The van der Waals surface area contributed by atoms with Gasteiger partial charge in [-0.1, -0.05) is 19.0 Å². The van der Waals surface area contributed by atoms with Gasteiger partial charge in [0.05, 0.1) is 6.07 Å². The molecule has 0 bridgehead atoms. The monoisotopic (exact) mass is 239 g/mol. The lowest BCUT2D eigenvalue weighted by Gasteiger charge is -2.27. The molecule has 14 heavy (non-hydrogen) atoms.